The Balaban J connectivity index is 0.000000191. The van der Waals surface area contributed by atoms with E-state index in [-0.39, 0.29) is 0 Å². The number of ketones is 2. The van der Waals surface area contributed by atoms with Crippen LogP contribution in [0.15, 0.2) is 0 Å². The second-order valence-corrected chi connectivity index (χ2v) is 6.47. The quantitative estimate of drug-likeness (QED) is 0.739. The van der Waals surface area contributed by atoms with Gasteiger partial charge in [-0.25, -0.2) is 0 Å². The Morgan fingerprint density at radius 3 is 1.32 bits per heavy atom. The second-order valence-electron chi connectivity index (χ2n) is 6.47. The predicted octanol–water partition coefficient (Wildman–Crippen LogP) is 4.70. The van der Waals surface area contributed by atoms with Crippen LogP contribution in [0.2, 0.25) is 0 Å². The van der Waals surface area contributed by atoms with Crippen molar-refractivity contribution < 1.29 is 9.59 Å². The Labute approximate surface area is 118 Å². The number of rotatable bonds is 4. The van der Waals surface area contributed by atoms with Gasteiger partial charge in [-0.3, -0.25) is 0 Å². The molecule has 0 spiro atoms. The highest BCUT2D eigenvalue weighted by molar-refractivity contribution is 5.76. The van der Waals surface area contributed by atoms with Gasteiger partial charge in [0.05, 0.1) is 0 Å². The molecule has 2 saturated carbocycles. The average molecular weight is 266 g/mol. The zero-order valence-corrected chi connectivity index (χ0v) is 12.7. The molecule has 2 fully saturated rings. The van der Waals surface area contributed by atoms with Gasteiger partial charge in [-0.15, -0.1) is 0 Å². The number of carbonyl (C=O) groups is 2. The molecular weight excluding hydrogens is 236 g/mol. The fourth-order valence-corrected chi connectivity index (χ4v) is 3.42. The van der Waals surface area contributed by atoms with E-state index < -0.39 is 0 Å². The highest BCUT2D eigenvalue weighted by atomic mass is 16.1. The lowest BCUT2D eigenvalue weighted by molar-refractivity contribution is -0.118. The highest BCUT2D eigenvalue weighted by Gasteiger charge is 2.16. The number of carbonyl (C=O) groups excluding carboxylic acids is 2. The molecule has 19 heavy (non-hydrogen) atoms. The highest BCUT2D eigenvalue weighted by Crippen LogP contribution is 2.27. The summed E-state index contributed by atoms with van der Waals surface area (Å²) in [6, 6.07) is 0. The smallest absolute Gasteiger partial charge is 0.130 e. The first kappa shape index (κ1) is 16.4. The molecule has 2 heteroatoms. The molecule has 2 nitrogen and oxygen atoms in total. The van der Waals surface area contributed by atoms with Crippen molar-refractivity contribution in [3.8, 4) is 0 Å². The maximum atomic E-state index is 10.7. The van der Waals surface area contributed by atoms with Gasteiger partial charge in [-0.1, -0.05) is 57.8 Å². The molecule has 0 bridgehead atoms. The minimum Gasteiger partial charge on any atom is -0.300 e. The summed E-state index contributed by atoms with van der Waals surface area (Å²) in [5, 5.41) is 0. The molecule has 110 valence electrons. The molecule has 2 aliphatic rings. The van der Waals surface area contributed by atoms with E-state index in [1.165, 1.54) is 57.8 Å². The van der Waals surface area contributed by atoms with Crippen molar-refractivity contribution in [2.24, 2.45) is 11.8 Å². The third kappa shape index (κ3) is 8.18. The molecule has 0 atom stereocenters. The largest absolute Gasteiger partial charge is 0.300 e. The average Bonchev–Trinajstić information content (AvgIpc) is 2.82. The van der Waals surface area contributed by atoms with Gasteiger partial charge < -0.3 is 9.59 Å². The maximum absolute atomic E-state index is 10.7. The molecule has 0 N–H and O–H groups in total. The molecule has 0 aromatic heterocycles. The standard InChI is InChI=1S/C9H16O.C8H14O/c1-8(10)7-9-5-3-2-4-6-9;1-7(9)6-8-4-2-3-5-8/h9H,2-7H2,1H3;8H,2-6H2,1H3. The fourth-order valence-electron chi connectivity index (χ4n) is 3.42. The summed E-state index contributed by atoms with van der Waals surface area (Å²) in [6.07, 6.45) is 13.6. The van der Waals surface area contributed by atoms with Gasteiger partial charge in [0, 0.05) is 12.8 Å². The van der Waals surface area contributed by atoms with Crippen LogP contribution in [-0.4, -0.2) is 11.6 Å². The van der Waals surface area contributed by atoms with Crippen molar-refractivity contribution in [3.63, 3.8) is 0 Å². The Morgan fingerprint density at radius 1 is 0.684 bits per heavy atom. The monoisotopic (exact) mass is 266 g/mol. The van der Waals surface area contributed by atoms with E-state index in [2.05, 4.69) is 0 Å². The molecule has 2 rings (SSSR count). The number of Topliss-reactive ketones (excluding diaryl/α,β-unsaturated/α-hetero) is 2. The number of hydrogen-bond acceptors (Lipinski definition) is 2. The molecule has 2 aliphatic carbocycles. The van der Waals surface area contributed by atoms with Crippen molar-refractivity contribution in [3.05, 3.63) is 0 Å². The van der Waals surface area contributed by atoms with Crippen molar-refractivity contribution in [1.82, 2.24) is 0 Å². The lowest BCUT2D eigenvalue weighted by Gasteiger charge is -2.19. The number of hydrogen-bond donors (Lipinski definition) is 0. The van der Waals surface area contributed by atoms with Gasteiger partial charge in [0.1, 0.15) is 11.6 Å². The van der Waals surface area contributed by atoms with Crippen molar-refractivity contribution >= 4 is 11.6 Å². The van der Waals surface area contributed by atoms with Crippen molar-refractivity contribution in [2.75, 3.05) is 0 Å². The van der Waals surface area contributed by atoms with E-state index in [0.717, 1.165) is 24.7 Å². The van der Waals surface area contributed by atoms with Crippen LogP contribution in [0.5, 0.6) is 0 Å². The zero-order chi connectivity index (χ0) is 14.1. The first-order chi connectivity index (χ1) is 9.08. The molecule has 0 saturated heterocycles. The van der Waals surface area contributed by atoms with E-state index in [9.17, 15) is 9.59 Å². The van der Waals surface area contributed by atoms with Gasteiger partial charge in [0.2, 0.25) is 0 Å². The van der Waals surface area contributed by atoms with E-state index in [0.29, 0.717) is 11.6 Å². The SMILES string of the molecule is CC(=O)CC1CCCC1.CC(=O)CC1CCCCC1. The van der Waals surface area contributed by atoms with Crippen LogP contribution in [-0.2, 0) is 9.59 Å². The zero-order valence-electron chi connectivity index (χ0n) is 12.7. The molecule has 0 amide bonds. The Hall–Kier alpha value is -0.660. The van der Waals surface area contributed by atoms with Crippen LogP contribution in [0.3, 0.4) is 0 Å². The van der Waals surface area contributed by atoms with Crippen LogP contribution in [0, 0.1) is 11.8 Å². The van der Waals surface area contributed by atoms with Gasteiger partial charge >= 0.3 is 0 Å². The van der Waals surface area contributed by atoms with Crippen LogP contribution in [0.4, 0.5) is 0 Å². The van der Waals surface area contributed by atoms with E-state index >= 15 is 0 Å². The van der Waals surface area contributed by atoms with Crippen molar-refractivity contribution in [2.45, 2.75) is 84.5 Å². The van der Waals surface area contributed by atoms with Crippen LogP contribution < -0.4 is 0 Å². The minimum absolute atomic E-state index is 0.363. The lowest BCUT2D eigenvalue weighted by Crippen LogP contribution is -2.09. The van der Waals surface area contributed by atoms with Crippen LogP contribution in [0.25, 0.3) is 0 Å². The Bertz CT molecular complexity index is 271. The molecular formula is C17H30O2. The molecule has 0 aromatic carbocycles. The first-order valence-corrected chi connectivity index (χ1v) is 8.06. The molecule has 0 aliphatic heterocycles. The summed E-state index contributed by atoms with van der Waals surface area (Å²) in [5.74, 6) is 2.20. The Kier molecular flexibility index (Phi) is 8.00. The van der Waals surface area contributed by atoms with E-state index in [4.69, 9.17) is 0 Å². The summed E-state index contributed by atoms with van der Waals surface area (Å²) >= 11 is 0. The lowest BCUT2D eigenvalue weighted by atomic mass is 9.86. The minimum atomic E-state index is 0.363. The van der Waals surface area contributed by atoms with Crippen LogP contribution >= 0.6 is 0 Å². The van der Waals surface area contributed by atoms with Crippen molar-refractivity contribution in [1.29, 1.82) is 0 Å². The fraction of sp³-hybridized carbons (Fsp3) is 0.882. The Morgan fingerprint density at radius 2 is 1.00 bits per heavy atom. The van der Waals surface area contributed by atoms with E-state index in [1.54, 1.807) is 13.8 Å². The predicted molar refractivity (Wildman–Crippen MR) is 79.1 cm³/mol. The normalized spacial score (nSPS) is 20.7. The second kappa shape index (κ2) is 9.28. The third-order valence-corrected chi connectivity index (χ3v) is 4.35. The molecule has 0 heterocycles. The summed E-state index contributed by atoms with van der Waals surface area (Å²) in [7, 11) is 0. The first-order valence-electron chi connectivity index (χ1n) is 8.06. The molecule has 0 radical (unpaired) electrons. The molecule has 0 unspecified atom stereocenters. The molecule has 0 aromatic rings. The van der Waals surface area contributed by atoms with E-state index in [1.807, 2.05) is 0 Å². The summed E-state index contributed by atoms with van der Waals surface area (Å²) in [4.78, 5) is 21.3. The van der Waals surface area contributed by atoms with Gasteiger partial charge in [-0.2, -0.15) is 0 Å². The summed E-state index contributed by atoms with van der Waals surface area (Å²) in [5.41, 5.74) is 0. The topological polar surface area (TPSA) is 34.1 Å². The maximum Gasteiger partial charge on any atom is 0.130 e. The summed E-state index contributed by atoms with van der Waals surface area (Å²) in [6.45, 7) is 3.40. The van der Waals surface area contributed by atoms with Gasteiger partial charge in [0.15, 0.2) is 0 Å². The van der Waals surface area contributed by atoms with Crippen LogP contribution in [0.1, 0.15) is 84.5 Å². The third-order valence-electron chi connectivity index (χ3n) is 4.35. The van der Waals surface area contributed by atoms with Gasteiger partial charge in [0.25, 0.3) is 0 Å². The summed E-state index contributed by atoms with van der Waals surface area (Å²) < 4.78 is 0. The van der Waals surface area contributed by atoms with Gasteiger partial charge in [-0.05, 0) is 25.7 Å².